The molecule has 0 aliphatic heterocycles. The normalized spacial score (nSPS) is 9.81. The summed E-state index contributed by atoms with van der Waals surface area (Å²) in [7, 11) is 0. The van der Waals surface area contributed by atoms with Gasteiger partial charge in [-0.15, -0.1) is 0 Å². The van der Waals surface area contributed by atoms with Crippen LogP contribution in [-0.4, -0.2) is 15.8 Å². The zero-order chi connectivity index (χ0) is 11.4. The number of hydrogen-bond acceptors (Lipinski definition) is 4. The van der Waals surface area contributed by atoms with Crippen molar-refractivity contribution in [3.63, 3.8) is 0 Å². The lowest BCUT2D eigenvalue weighted by atomic mass is 10.2. The van der Waals surface area contributed by atoms with Crippen molar-refractivity contribution in [1.82, 2.24) is 9.97 Å². The molecule has 0 aliphatic carbocycles. The van der Waals surface area contributed by atoms with Gasteiger partial charge in [-0.3, -0.25) is 9.78 Å². The monoisotopic (exact) mass is 214 g/mol. The van der Waals surface area contributed by atoms with Crippen molar-refractivity contribution in [2.75, 3.05) is 0 Å². The van der Waals surface area contributed by atoms with E-state index in [1.54, 1.807) is 42.9 Å². The van der Waals surface area contributed by atoms with E-state index < -0.39 is 0 Å². The van der Waals surface area contributed by atoms with Crippen LogP contribution in [0.15, 0.2) is 42.9 Å². The summed E-state index contributed by atoms with van der Waals surface area (Å²) in [6.45, 7) is 1.48. The quantitative estimate of drug-likeness (QED) is 0.736. The van der Waals surface area contributed by atoms with Gasteiger partial charge in [0.25, 0.3) is 0 Å². The van der Waals surface area contributed by atoms with Crippen molar-refractivity contribution in [3.05, 3.63) is 48.4 Å². The number of rotatable bonds is 3. The van der Waals surface area contributed by atoms with Gasteiger partial charge in [0.1, 0.15) is 5.75 Å². The Bertz CT molecular complexity index is 497. The number of nitrogens with zero attached hydrogens (tertiary/aromatic N) is 2. The predicted molar refractivity (Wildman–Crippen MR) is 58.6 cm³/mol. The Morgan fingerprint density at radius 2 is 2.06 bits per heavy atom. The van der Waals surface area contributed by atoms with Gasteiger partial charge in [-0.2, -0.15) is 0 Å². The molecule has 2 rings (SSSR count). The number of hydrogen-bond donors (Lipinski definition) is 0. The highest BCUT2D eigenvalue weighted by molar-refractivity contribution is 5.96. The Kier molecular flexibility index (Phi) is 2.91. The molecule has 0 unspecified atom stereocenters. The van der Waals surface area contributed by atoms with E-state index in [2.05, 4.69) is 9.97 Å². The molecular weight excluding hydrogens is 204 g/mol. The average Bonchev–Trinajstić information content (AvgIpc) is 2.31. The van der Waals surface area contributed by atoms with Gasteiger partial charge >= 0.3 is 0 Å². The van der Waals surface area contributed by atoms with Crippen LogP contribution in [-0.2, 0) is 0 Å². The number of Topliss-reactive ketones (excluding diaryl/α,β-unsaturated/α-hetero) is 1. The van der Waals surface area contributed by atoms with Crippen molar-refractivity contribution in [1.29, 1.82) is 0 Å². The molecule has 4 heteroatoms. The fourth-order valence-electron chi connectivity index (χ4n) is 1.26. The smallest absolute Gasteiger partial charge is 0.230 e. The van der Waals surface area contributed by atoms with Crippen LogP contribution >= 0.6 is 0 Å². The van der Waals surface area contributed by atoms with Crippen molar-refractivity contribution in [2.24, 2.45) is 0 Å². The second-order valence-corrected chi connectivity index (χ2v) is 3.20. The third-order valence-electron chi connectivity index (χ3n) is 2.00. The molecule has 0 amide bonds. The highest BCUT2D eigenvalue weighted by Gasteiger charge is 2.09. The number of ketones is 1. The zero-order valence-corrected chi connectivity index (χ0v) is 8.75. The number of ether oxygens (including phenoxy) is 1. The lowest BCUT2D eigenvalue weighted by Crippen LogP contribution is -1.98. The maximum absolute atomic E-state index is 11.3. The third kappa shape index (κ3) is 2.23. The maximum Gasteiger partial charge on any atom is 0.230 e. The Morgan fingerprint density at radius 3 is 2.75 bits per heavy atom. The summed E-state index contributed by atoms with van der Waals surface area (Å²) in [5.41, 5.74) is 0.464. The van der Waals surface area contributed by atoms with Crippen LogP contribution in [0.4, 0.5) is 0 Å². The van der Waals surface area contributed by atoms with Crippen molar-refractivity contribution in [2.45, 2.75) is 6.92 Å². The Hall–Kier alpha value is -2.23. The Labute approximate surface area is 92.9 Å². The molecule has 16 heavy (non-hydrogen) atoms. The van der Waals surface area contributed by atoms with Crippen molar-refractivity contribution in [3.8, 4) is 11.6 Å². The predicted octanol–water partition coefficient (Wildman–Crippen LogP) is 2.47. The highest BCUT2D eigenvalue weighted by Crippen LogP contribution is 2.21. The summed E-state index contributed by atoms with van der Waals surface area (Å²) in [4.78, 5) is 19.3. The first-order valence-corrected chi connectivity index (χ1v) is 4.81. The molecule has 0 saturated heterocycles. The first-order chi connectivity index (χ1) is 7.77. The first-order valence-electron chi connectivity index (χ1n) is 4.81. The molecule has 0 atom stereocenters. The van der Waals surface area contributed by atoms with E-state index in [9.17, 15) is 4.79 Å². The molecule has 0 aliphatic rings. The fourth-order valence-corrected chi connectivity index (χ4v) is 1.26. The summed E-state index contributed by atoms with van der Waals surface area (Å²) in [6, 6.07) is 6.89. The van der Waals surface area contributed by atoms with Crippen molar-refractivity contribution < 1.29 is 9.53 Å². The summed E-state index contributed by atoms with van der Waals surface area (Å²) in [5, 5.41) is 0. The molecule has 0 bridgehead atoms. The average molecular weight is 214 g/mol. The van der Waals surface area contributed by atoms with E-state index in [1.807, 2.05) is 0 Å². The van der Waals surface area contributed by atoms with Crippen LogP contribution in [0, 0.1) is 0 Å². The Morgan fingerprint density at radius 1 is 1.25 bits per heavy atom. The van der Waals surface area contributed by atoms with Gasteiger partial charge in [0.15, 0.2) is 5.78 Å². The summed E-state index contributed by atoms with van der Waals surface area (Å²) in [6.07, 6.45) is 4.80. The van der Waals surface area contributed by atoms with Gasteiger partial charge in [0, 0.05) is 12.4 Å². The fraction of sp³-hybridized carbons (Fsp3) is 0.0833. The Balaban J connectivity index is 2.31. The maximum atomic E-state index is 11.3. The molecule has 2 heterocycles. The van der Waals surface area contributed by atoms with Gasteiger partial charge < -0.3 is 4.74 Å². The molecule has 80 valence electrons. The SMILES string of the molecule is CC(=O)c1cccnc1Oc1cccnc1. The van der Waals surface area contributed by atoms with Crippen LogP contribution in [0.25, 0.3) is 0 Å². The summed E-state index contributed by atoms with van der Waals surface area (Å²) >= 11 is 0. The standard InChI is InChI=1S/C12H10N2O2/c1-9(15)11-5-3-7-14-12(11)16-10-4-2-6-13-8-10/h2-8H,1H3. The molecule has 0 radical (unpaired) electrons. The largest absolute Gasteiger partial charge is 0.437 e. The van der Waals surface area contributed by atoms with Gasteiger partial charge in [-0.1, -0.05) is 0 Å². The molecular formula is C12H10N2O2. The topological polar surface area (TPSA) is 52.1 Å². The van der Waals surface area contributed by atoms with Gasteiger partial charge in [-0.05, 0) is 31.2 Å². The van der Waals surface area contributed by atoms with E-state index >= 15 is 0 Å². The summed E-state index contributed by atoms with van der Waals surface area (Å²) < 4.78 is 5.48. The second kappa shape index (κ2) is 4.53. The number of aromatic nitrogens is 2. The van der Waals surface area contributed by atoms with Crippen LogP contribution in [0.5, 0.6) is 11.6 Å². The van der Waals surface area contributed by atoms with Crippen LogP contribution < -0.4 is 4.74 Å². The molecule has 0 N–H and O–H groups in total. The van der Waals surface area contributed by atoms with Crippen molar-refractivity contribution >= 4 is 5.78 Å². The van der Waals surface area contributed by atoms with Gasteiger partial charge in [0.05, 0.1) is 11.8 Å². The van der Waals surface area contributed by atoms with E-state index in [-0.39, 0.29) is 5.78 Å². The van der Waals surface area contributed by atoms with Crippen LogP contribution in [0.2, 0.25) is 0 Å². The van der Waals surface area contributed by atoms with Gasteiger partial charge in [-0.25, -0.2) is 4.98 Å². The zero-order valence-electron chi connectivity index (χ0n) is 8.75. The second-order valence-electron chi connectivity index (χ2n) is 3.20. The van der Waals surface area contributed by atoms with E-state index in [4.69, 9.17) is 4.74 Å². The number of carbonyl (C=O) groups is 1. The molecule has 0 spiro atoms. The van der Waals surface area contributed by atoms with Gasteiger partial charge in [0.2, 0.25) is 5.88 Å². The lowest BCUT2D eigenvalue weighted by Gasteiger charge is -2.06. The number of pyridine rings is 2. The highest BCUT2D eigenvalue weighted by atomic mass is 16.5. The summed E-state index contributed by atoms with van der Waals surface area (Å²) in [5.74, 6) is 0.790. The molecule has 0 fully saturated rings. The van der Waals surface area contributed by atoms with Crippen LogP contribution in [0.3, 0.4) is 0 Å². The lowest BCUT2D eigenvalue weighted by molar-refractivity contribution is 0.101. The molecule has 2 aromatic heterocycles. The number of carbonyl (C=O) groups excluding carboxylic acids is 1. The molecule has 0 saturated carbocycles. The minimum Gasteiger partial charge on any atom is -0.437 e. The molecule has 2 aromatic rings. The van der Waals surface area contributed by atoms with E-state index in [0.717, 1.165) is 0 Å². The molecule has 4 nitrogen and oxygen atoms in total. The third-order valence-corrected chi connectivity index (χ3v) is 2.00. The minimum atomic E-state index is -0.0769. The molecule has 0 aromatic carbocycles. The van der Waals surface area contributed by atoms with E-state index in [0.29, 0.717) is 17.2 Å². The minimum absolute atomic E-state index is 0.0769. The van der Waals surface area contributed by atoms with E-state index in [1.165, 1.54) is 6.92 Å². The van der Waals surface area contributed by atoms with Crippen LogP contribution in [0.1, 0.15) is 17.3 Å². The first kappa shape index (κ1) is 10.3.